The number of methoxy groups -OCH3 is 1. The van der Waals surface area contributed by atoms with Gasteiger partial charge in [0, 0.05) is 35.3 Å². The van der Waals surface area contributed by atoms with Crippen LogP contribution in [-0.2, 0) is 17.8 Å². The van der Waals surface area contributed by atoms with Crippen molar-refractivity contribution in [3.8, 4) is 5.75 Å². The molecule has 1 aliphatic rings. The number of ketones is 1. The standard InChI is InChI=1S/C21H21F2NO3/c1-13(25)14-4-8-20(27-2)16(9-14)10-21(26)24(18-6-7-18)12-15-3-5-17(22)11-19(15)23/h3-5,8-9,11,18H,6-7,10,12H2,1-2H3. The van der Waals surface area contributed by atoms with Crippen LogP contribution in [0.5, 0.6) is 5.75 Å². The molecule has 0 saturated heterocycles. The number of hydrogen-bond donors (Lipinski definition) is 0. The summed E-state index contributed by atoms with van der Waals surface area (Å²) in [6.45, 7) is 1.55. The van der Waals surface area contributed by atoms with E-state index in [4.69, 9.17) is 4.74 Å². The van der Waals surface area contributed by atoms with E-state index in [1.807, 2.05) is 0 Å². The fourth-order valence-corrected chi connectivity index (χ4v) is 3.04. The predicted molar refractivity (Wildman–Crippen MR) is 96.6 cm³/mol. The van der Waals surface area contributed by atoms with Gasteiger partial charge in [-0.3, -0.25) is 9.59 Å². The monoisotopic (exact) mass is 373 g/mol. The summed E-state index contributed by atoms with van der Waals surface area (Å²) in [4.78, 5) is 26.2. The van der Waals surface area contributed by atoms with Gasteiger partial charge in [-0.15, -0.1) is 0 Å². The second kappa shape index (κ2) is 7.86. The van der Waals surface area contributed by atoms with Gasteiger partial charge < -0.3 is 9.64 Å². The largest absolute Gasteiger partial charge is 0.496 e. The first-order valence-corrected chi connectivity index (χ1v) is 8.80. The van der Waals surface area contributed by atoms with Crippen molar-refractivity contribution in [2.24, 2.45) is 0 Å². The predicted octanol–water partition coefficient (Wildman–Crippen LogP) is 3.91. The zero-order valence-corrected chi connectivity index (χ0v) is 15.3. The van der Waals surface area contributed by atoms with Gasteiger partial charge in [-0.05, 0) is 44.0 Å². The number of benzene rings is 2. The summed E-state index contributed by atoms with van der Waals surface area (Å²) in [6, 6.07) is 8.41. The van der Waals surface area contributed by atoms with E-state index in [9.17, 15) is 18.4 Å². The van der Waals surface area contributed by atoms with Gasteiger partial charge in [0.25, 0.3) is 0 Å². The molecule has 0 heterocycles. The molecule has 27 heavy (non-hydrogen) atoms. The number of nitrogens with zero attached hydrogens (tertiary/aromatic N) is 1. The lowest BCUT2D eigenvalue weighted by Crippen LogP contribution is -2.34. The maximum Gasteiger partial charge on any atom is 0.227 e. The summed E-state index contributed by atoms with van der Waals surface area (Å²) in [5.41, 5.74) is 1.39. The fourth-order valence-electron chi connectivity index (χ4n) is 3.04. The molecule has 2 aromatic rings. The Morgan fingerprint density at radius 3 is 2.44 bits per heavy atom. The third kappa shape index (κ3) is 4.51. The van der Waals surface area contributed by atoms with Crippen LogP contribution in [0.4, 0.5) is 8.78 Å². The number of amides is 1. The van der Waals surface area contributed by atoms with Gasteiger partial charge in [-0.2, -0.15) is 0 Å². The number of Topliss-reactive ketones (excluding diaryl/α,β-unsaturated/α-hetero) is 1. The summed E-state index contributed by atoms with van der Waals surface area (Å²) in [5, 5.41) is 0. The van der Waals surface area contributed by atoms with Crippen LogP contribution in [0.15, 0.2) is 36.4 Å². The summed E-state index contributed by atoms with van der Waals surface area (Å²) in [6.07, 6.45) is 1.77. The number of hydrogen-bond acceptors (Lipinski definition) is 3. The molecule has 0 spiro atoms. The van der Waals surface area contributed by atoms with Crippen LogP contribution in [0.1, 0.15) is 41.3 Å². The second-order valence-corrected chi connectivity index (χ2v) is 6.75. The van der Waals surface area contributed by atoms with Crippen molar-refractivity contribution in [3.63, 3.8) is 0 Å². The summed E-state index contributed by atoms with van der Waals surface area (Å²) < 4.78 is 32.4. The van der Waals surface area contributed by atoms with Gasteiger partial charge in [0.05, 0.1) is 13.5 Å². The van der Waals surface area contributed by atoms with E-state index in [1.165, 1.54) is 26.2 Å². The summed E-state index contributed by atoms with van der Waals surface area (Å²) in [7, 11) is 1.50. The summed E-state index contributed by atoms with van der Waals surface area (Å²) >= 11 is 0. The first-order chi connectivity index (χ1) is 12.9. The molecule has 3 rings (SSSR count). The lowest BCUT2D eigenvalue weighted by Gasteiger charge is -2.23. The average molecular weight is 373 g/mol. The number of carbonyl (C=O) groups is 2. The van der Waals surface area contributed by atoms with Gasteiger partial charge >= 0.3 is 0 Å². The molecule has 1 aliphatic carbocycles. The lowest BCUT2D eigenvalue weighted by atomic mass is 10.0. The fraction of sp³-hybridized carbons (Fsp3) is 0.333. The maximum atomic E-state index is 14.0. The van der Waals surface area contributed by atoms with Crippen molar-refractivity contribution in [1.82, 2.24) is 4.90 Å². The van der Waals surface area contributed by atoms with Crippen molar-refractivity contribution in [1.29, 1.82) is 0 Å². The highest BCUT2D eigenvalue weighted by Gasteiger charge is 2.33. The van der Waals surface area contributed by atoms with E-state index in [0.717, 1.165) is 18.9 Å². The maximum absolute atomic E-state index is 14.0. The Labute approximate surface area is 156 Å². The van der Waals surface area contributed by atoms with Crippen LogP contribution < -0.4 is 4.74 Å². The molecule has 0 N–H and O–H groups in total. The number of halogens is 2. The van der Waals surface area contributed by atoms with E-state index >= 15 is 0 Å². The van der Waals surface area contributed by atoms with E-state index in [-0.39, 0.29) is 36.3 Å². The molecule has 0 bridgehead atoms. The number of carbonyl (C=O) groups excluding carboxylic acids is 2. The van der Waals surface area contributed by atoms with E-state index in [0.29, 0.717) is 16.9 Å². The molecule has 0 aliphatic heterocycles. The van der Waals surface area contributed by atoms with Gasteiger partial charge in [0.2, 0.25) is 5.91 Å². The van der Waals surface area contributed by atoms with Crippen LogP contribution in [0, 0.1) is 11.6 Å². The van der Waals surface area contributed by atoms with Crippen molar-refractivity contribution < 1.29 is 23.1 Å². The molecule has 4 nitrogen and oxygen atoms in total. The molecule has 0 atom stereocenters. The Morgan fingerprint density at radius 1 is 1.11 bits per heavy atom. The highest BCUT2D eigenvalue weighted by Crippen LogP contribution is 2.30. The van der Waals surface area contributed by atoms with E-state index < -0.39 is 11.6 Å². The zero-order valence-electron chi connectivity index (χ0n) is 15.3. The van der Waals surface area contributed by atoms with E-state index in [2.05, 4.69) is 0 Å². The van der Waals surface area contributed by atoms with Crippen molar-refractivity contribution in [3.05, 3.63) is 64.7 Å². The first kappa shape index (κ1) is 19.0. The zero-order chi connectivity index (χ0) is 19.6. The van der Waals surface area contributed by atoms with Crippen LogP contribution in [0.25, 0.3) is 0 Å². The minimum Gasteiger partial charge on any atom is -0.496 e. The Balaban J connectivity index is 1.82. The minimum absolute atomic E-state index is 0.0452. The molecule has 1 amide bonds. The molecule has 6 heteroatoms. The molecule has 1 fully saturated rings. The van der Waals surface area contributed by atoms with Crippen LogP contribution in [-0.4, -0.2) is 29.7 Å². The van der Waals surface area contributed by atoms with Gasteiger partial charge in [0.1, 0.15) is 17.4 Å². The summed E-state index contributed by atoms with van der Waals surface area (Å²) in [5.74, 6) is -1.06. The number of rotatable bonds is 7. The second-order valence-electron chi connectivity index (χ2n) is 6.75. The lowest BCUT2D eigenvalue weighted by molar-refractivity contribution is -0.131. The smallest absolute Gasteiger partial charge is 0.227 e. The van der Waals surface area contributed by atoms with Crippen molar-refractivity contribution >= 4 is 11.7 Å². The minimum atomic E-state index is -0.662. The molecule has 0 unspecified atom stereocenters. The van der Waals surface area contributed by atoms with Gasteiger partial charge in [-0.25, -0.2) is 8.78 Å². The van der Waals surface area contributed by atoms with Crippen molar-refractivity contribution in [2.45, 2.75) is 38.8 Å². The molecule has 1 saturated carbocycles. The first-order valence-electron chi connectivity index (χ1n) is 8.80. The van der Waals surface area contributed by atoms with Crippen LogP contribution >= 0.6 is 0 Å². The molecule has 2 aromatic carbocycles. The molecule has 0 radical (unpaired) electrons. The van der Waals surface area contributed by atoms with Gasteiger partial charge in [-0.1, -0.05) is 6.07 Å². The quantitative estimate of drug-likeness (QED) is 0.692. The van der Waals surface area contributed by atoms with Crippen molar-refractivity contribution in [2.75, 3.05) is 7.11 Å². The topological polar surface area (TPSA) is 46.6 Å². The Hall–Kier alpha value is -2.76. The third-order valence-electron chi connectivity index (χ3n) is 4.69. The number of ether oxygens (including phenoxy) is 1. The molecular weight excluding hydrogens is 352 g/mol. The third-order valence-corrected chi connectivity index (χ3v) is 4.69. The SMILES string of the molecule is COc1ccc(C(C)=O)cc1CC(=O)N(Cc1ccc(F)cc1F)C1CC1. The molecule has 0 aromatic heterocycles. The van der Waals surface area contributed by atoms with Crippen LogP contribution in [0.2, 0.25) is 0 Å². The molecule has 142 valence electrons. The van der Waals surface area contributed by atoms with Crippen LogP contribution in [0.3, 0.4) is 0 Å². The highest BCUT2D eigenvalue weighted by atomic mass is 19.1. The van der Waals surface area contributed by atoms with E-state index in [1.54, 1.807) is 23.1 Å². The van der Waals surface area contributed by atoms with Gasteiger partial charge in [0.15, 0.2) is 5.78 Å². The average Bonchev–Trinajstić information content (AvgIpc) is 3.45. The highest BCUT2D eigenvalue weighted by molar-refractivity contribution is 5.94. The Morgan fingerprint density at radius 2 is 1.85 bits per heavy atom. The Kier molecular flexibility index (Phi) is 5.54. The normalized spacial score (nSPS) is 13.3. The Bertz CT molecular complexity index is 878. The molecular formula is C21H21F2NO3.